The molecular weight excluding hydrogens is 418 g/mol. The Hall–Kier alpha value is -3.49. The molecule has 1 aromatic carbocycles. The van der Waals surface area contributed by atoms with Crippen molar-refractivity contribution >= 4 is 11.8 Å². The number of benzene rings is 1. The predicted octanol–water partition coefficient (Wildman–Crippen LogP) is 2.06. The average Bonchev–Trinajstić information content (AvgIpc) is 3.58. The van der Waals surface area contributed by atoms with Crippen LogP contribution < -0.4 is 0 Å². The van der Waals surface area contributed by atoms with Crippen LogP contribution in [0, 0.1) is 6.92 Å². The Morgan fingerprint density at radius 2 is 1.94 bits per heavy atom. The van der Waals surface area contributed by atoms with E-state index in [2.05, 4.69) is 27.5 Å². The van der Waals surface area contributed by atoms with Gasteiger partial charge in [-0.3, -0.25) is 14.3 Å². The van der Waals surface area contributed by atoms with E-state index in [9.17, 15) is 9.59 Å². The molecule has 172 valence electrons. The molecule has 5 rings (SSSR count). The SMILES string of the molecule is Cc1cnn(CCC(=O)N2CCC[C@H]2Cn2cc(C(=O)N3CCc4ccccc4C3)nn2)c1. The number of rotatable bonds is 6. The van der Waals surface area contributed by atoms with Crippen LogP contribution in [0.2, 0.25) is 0 Å². The third-order valence-corrected chi connectivity index (χ3v) is 6.59. The summed E-state index contributed by atoms with van der Waals surface area (Å²) in [7, 11) is 0. The summed E-state index contributed by atoms with van der Waals surface area (Å²) in [4.78, 5) is 29.6. The van der Waals surface area contributed by atoms with Gasteiger partial charge in [0.15, 0.2) is 5.69 Å². The normalized spacial score (nSPS) is 17.9. The van der Waals surface area contributed by atoms with Crippen LogP contribution in [0.15, 0.2) is 42.9 Å². The van der Waals surface area contributed by atoms with Gasteiger partial charge in [0, 0.05) is 38.8 Å². The summed E-state index contributed by atoms with van der Waals surface area (Å²) in [5.74, 6) is 0.0404. The van der Waals surface area contributed by atoms with E-state index in [1.807, 2.05) is 39.7 Å². The van der Waals surface area contributed by atoms with E-state index in [4.69, 9.17) is 0 Å². The summed E-state index contributed by atoms with van der Waals surface area (Å²) in [6.45, 7) is 5.16. The largest absolute Gasteiger partial charge is 0.338 e. The van der Waals surface area contributed by atoms with Gasteiger partial charge in [-0.25, -0.2) is 4.68 Å². The Labute approximate surface area is 193 Å². The van der Waals surface area contributed by atoms with E-state index in [-0.39, 0.29) is 17.9 Å². The molecule has 2 amide bonds. The first-order valence-corrected chi connectivity index (χ1v) is 11.6. The zero-order valence-corrected chi connectivity index (χ0v) is 18.9. The number of likely N-dealkylation sites (tertiary alicyclic amines) is 1. The maximum atomic E-state index is 13.0. The van der Waals surface area contributed by atoms with Gasteiger partial charge in [-0.2, -0.15) is 5.10 Å². The van der Waals surface area contributed by atoms with Gasteiger partial charge >= 0.3 is 0 Å². The molecule has 2 aliphatic rings. The van der Waals surface area contributed by atoms with Gasteiger partial charge in [-0.15, -0.1) is 5.10 Å². The first-order chi connectivity index (χ1) is 16.1. The first-order valence-electron chi connectivity index (χ1n) is 11.6. The summed E-state index contributed by atoms with van der Waals surface area (Å²) >= 11 is 0. The molecule has 1 atom stereocenters. The van der Waals surface area contributed by atoms with Crippen molar-refractivity contribution in [3.05, 3.63) is 65.2 Å². The second-order valence-corrected chi connectivity index (χ2v) is 8.99. The lowest BCUT2D eigenvalue weighted by Gasteiger charge is -2.28. The Morgan fingerprint density at radius 3 is 2.76 bits per heavy atom. The summed E-state index contributed by atoms with van der Waals surface area (Å²) in [5.41, 5.74) is 3.94. The maximum Gasteiger partial charge on any atom is 0.276 e. The lowest BCUT2D eigenvalue weighted by Crippen LogP contribution is -2.38. The van der Waals surface area contributed by atoms with E-state index >= 15 is 0 Å². The van der Waals surface area contributed by atoms with Crippen LogP contribution >= 0.6 is 0 Å². The van der Waals surface area contributed by atoms with Crippen molar-refractivity contribution in [3.8, 4) is 0 Å². The molecule has 2 aliphatic heterocycles. The van der Waals surface area contributed by atoms with Crippen LogP contribution in [0.1, 0.15) is 46.4 Å². The van der Waals surface area contributed by atoms with Crippen LogP contribution in [0.25, 0.3) is 0 Å². The number of fused-ring (bicyclic) bond motifs is 1. The minimum absolute atomic E-state index is 0.0726. The second kappa shape index (κ2) is 9.17. The summed E-state index contributed by atoms with van der Waals surface area (Å²) in [5, 5.41) is 12.6. The van der Waals surface area contributed by atoms with E-state index in [1.54, 1.807) is 17.1 Å². The molecule has 0 spiro atoms. The molecule has 33 heavy (non-hydrogen) atoms. The summed E-state index contributed by atoms with van der Waals surface area (Å²) in [6.07, 6.45) is 8.65. The number of amides is 2. The van der Waals surface area contributed by atoms with E-state index in [1.165, 1.54) is 11.1 Å². The molecular formula is C24H29N7O2. The molecule has 0 radical (unpaired) electrons. The quantitative estimate of drug-likeness (QED) is 0.577. The van der Waals surface area contributed by atoms with Crippen molar-refractivity contribution in [3.63, 3.8) is 0 Å². The van der Waals surface area contributed by atoms with Gasteiger partial charge in [0.1, 0.15) is 0 Å². The predicted molar refractivity (Wildman–Crippen MR) is 121 cm³/mol. The molecule has 3 aromatic rings. The molecule has 0 N–H and O–H groups in total. The van der Waals surface area contributed by atoms with Gasteiger partial charge < -0.3 is 9.80 Å². The maximum absolute atomic E-state index is 13.0. The fourth-order valence-corrected chi connectivity index (χ4v) is 4.83. The molecule has 4 heterocycles. The minimum Gasteiger partial charge on any atom is -0.338 e. The summed E-state index contributed by atoms with van der Waals surface area (Å²) in [6, 6.07) is 8.32. The van der Waals surface area contributed by atoms with Gasteiger partial charge in [0.25, 0.3) is 5.91 Å². The van der Waals surface area contributed by atoms with Gasteiger partial charge in [-0.05, 0) is 42.9 Å². The Morgan fingerprint density at radius 1 is 1.09 bits per heavy atom. The molecule has 1 saturated heterocycles. The molecule has 0 saturated carbocycles. The highest BCUT2D eigenvalue weighted by Gasteiger charge is 2.30. The fraction of sp³-hybridized carbons (Fsp3) is 0.458. The molecule has 9 nitrogen and oxygen atoms in total. The minimum atomic E-state index is -0.0929. The Bertz CT molecular complexity index is 1150. The number of carbonyl (C=O) groups excluding carboxylic acids is 2. The molecule has 0 aliphatic carbocycles. The van der Waals surface area contributed by atoms with Crippen LogP contribution in [-0.2, 0) is 30.8 Å². The number of hydrogen-bond acceptors (Lipinski definition) is 5. The van der Waals surface area contributed by atoms with Crippen molar-refractivity contribution in [2.24, 2.45) is 0 Å². The monoisotopic (exact) mass is 447 g/mol. The van der Waals surface area contributed by atoms with Crippen molar-refractivity contribution in [1.82, 2.24) is 34.6 Å². The van der Waals surface area contributed by atoms with Crippen LogP contribution in [0.4, 0.5) is 0 Å². The lowest BCUT2D eigenvalue weighted by atomic mass is 10.00. The first kappa shape index (κ1) is 21.4. The zero-order valence-electron chi connectivity index (χ0n) is 18.9. The Balaban J connectivity index is 1.18. The standard InChI is InChI=1S/C24H29N7O2/c1-18-13-25-29(14-18)12-9-23(32)31-10-4-7-21(31)16-30-17-22(26-27-30)24(33)28-11-8-19-5-2-3-6-20(19)15-28/h2-3,5-6,13-14,17,21H,4,7-12,15-16H2,1H3/t21-/m0/s1. The van der Waals surface area contributed by atoms with Crippen LogP contribution in [0.5, 0.6) is 0 Å². The number of nitrogens with zero attached hydrogens (tertiary/aromatic N) is 7. The van der Waals surface area contributed by atoms with Crippen molar-refractivity contribution in [2.75, 3.05) is 13.1 Å². The fourth-order valence-electron chi connectivity index (χ4n) is 4.83. The molecule has 1 fully saturated rings. The van der Waals surface area contributed by atoms with Crippen LogP contribution in [-0.4, -0.2) is 65.5 Å². The third-order valence-electron chi connectivity index (χ3n) is 6.59. The highest BCUT2D eigenvalue weighted by atomic mass is 16.2. The smallest absolute Gasteiger partial charge is 0.276 e. The third kappa shape index (κ3) is 4.67. The Kier molecular flexibility index (Phi) is 5.93. The van der Waals surface area contributed by atoms with Gasteiger partial charge in [-0.1, -0.05) is 29.5 Å². The molecule has 0 bridgehead atoms. The van der Waals surface area contributed by atoms with E-state index in [0.29, 0.717) is 38.3 Å². The highest BCUT2D eigenvalue weighted by Crippen LogP contribution is 2.22. The molecule has 2 aromatic heterocycles. The zero-order chi connectivity index (χ0) is 22.8. The summed E-state index contributed by atoms with van der Waals surface area (Å²) < 4.78 is 3.52. The van der Waals surface area contributed by atoms with Crippen molar-refractivity contribution in [1.29, 1.82) is 0 Å². The second-order valence-electron chi connectivity index (χ2n) is 8.99. The number of carbonyl (C=O) groups is 2. The molecule has 9 heteroatoms. The van der Waals surface area contributed by atoms with Crippen molar-refractivity contribution < 1.29 is 9.59 Å². The lowest BCUT2D eigenvalue weighted by molar-refractivity contribution is -0.132. The van der Waals surface area contributed by atoms with E-state index < -0.39 is 0 Å². The molecule has 0 unspecified atom stereocenters. The van der Waals surface area contributed by atoms with E-state index in [0.717, 1.165) is 31.4 Å². The average molecular weight is 448 g/mol. The van der Waals surface area contributed by atoms with Crippen LogP contribution in [0.3, 0.4) is 0 Å². The number of hydrogen-bond donors (Lipinski definition) is 0. The highest BCUT2D eigenvalue weighted by molar-refractivity contribution is 5.92. The number of aromatic nitrogens is 5. The van der Waals surface area contributed by atoms with Gasteiger partial charge in [0.05, 0.1) is 25.0 Å². The topological polar surface area (TPSA) is 89.2 Å². The van der Waals surface area contributed by atoms with Crippen molar-refractivity contribution in [2.45, 2.75) is 58.3 Å². The number of aryl methyl sites for hydroxylation is 2. The van der Waals surface area contributed by atoms with Gasteiger partial charge in [0.2, 0.25) is 5.91 Å².